The molecule has 1 unspecified atom stereocenters. The zero-order valence-electron chi connectivity index (χ0n) is 16.6. The standard InChI is InChI=1S/C21H22N6O2/c1-13-12-22-19(24-18(13)15-7-5-4-6-8-15)20(28)23-16-9-10-27-17(11-14(2)25-27)26(3)21(16)29/h4-8,11-12,16H,9-10H2,1-3H3,(H,23,28). The molecule has 0 fully saturated rings. The lowest BCUT2D eigenvalue weighted by Gasteiger charge is -2.20. The Morgan fingerprint density at radius 2 is 1.97 bits per heavy atom. The van der Waals surface area contributed by atoms with Crippen LogP contribution in [0.25, 0.3) is 11.3 Å². The summed E-state index contributed by atoms with van der Waals surface area (Å²) in [7, 11) is 1.69. The topological polar surface area (TPSA) is 93.0 Å². The highest BCUT2D eigenvalue weighted by atomic mass is 16.2. The third-order valence-electron chi connectivity index (χ3n) is 5.01. The van der Waals surface area contributed by atoms with Crippen LogP contribution >= 0.6 is 0 Å². The Bertz CT molecular complexity index is 1080. The van der Waals surface area contributed by atoms with Crippen LogP contribution in [0.15, 0.2) is 42.6 Å². The van der Waals surface area contributed by atoms with Crippen molar-refractivity contribution in [1.29, 1.82) is 0 Å². The van der Waals surface area contributed by atoms with E-state index in [1.54, 1.807) is 17.9 Å². The van der Waals surface area contributed by atoms with E-state index in [0.29, 0.717) is 18.7 Å². The molecule has 1 aromatic carbocycles. The van der Waals surface area contributed by atoms with Crippen LogP contribution in [0.2, 0.25) is 0 Å². The number of nitrogens with one attached hydrogen (secondary N) is 1. The fraction of sp³-hybridized carbons (Fsp3) is 0.286. The molecule has 8 heteroatoms. The fourth-order valence-corrected chi connectivity index (χ4v) is 3.48. The van der Waals surface area contributed by atoms with E-state index in [0.717, 1.165) is 22.6 Å². The first kappa shape index (κ1) is 18.8. The quantitative estimate of drug-likeness (QED) is 0.739. The van der Waals surface area contributed by atoms with Crippen molar-refractivity contribution in [3.63, 3.8) is 0 Å². The number of anilines is 1. The number of amides is 2. The van der Waals surface area contributed by atoms with Gasteiger partial charge >= 0.3 is 0 Å². The molecule has 0 bridgehead atoms. The van der Waals surface area contributed by atoms with Crippen molar-refractivity contribution in [2.75, 3.05) is 11.9 Å². The summed E-state index contributed by atoms with van der Waals surface area (Å²) in [4.78, 5) is 35.8. The molecule has 2 aromatic heterocycles. The maximum absolute atomic E-state index is 12.9. The van der Waals surface area contributed by atoms with Gasteiger partial charge in [0.25, 0.3) is 11.8 Å². The van der Waals surface area contributed by atoms with Gasteiger partial charge in [0.1, 0.15) is 11.9 Å². The molecule has 0 aliphatic carbocycles. The largest absolute Gasteiger partial charge is 0.337 e. The van der Waals surface area contributed by atoms with Crippen LogP contribution in [0.1, 0.15) is 28.3 Å². The van der Waals surface area contributed by atoms with E-state index in [2.05, 4.69) is 20.4 Å². The van der Waals surface area contributed by atoms with Gasteiger partial charge in [-0.25, -0.2) is 14.6 Å². The first-order valence-electron chi connectivity index (χ1n) is 9.46. The van der Waals surface area contributed by atoms with Gasteiger partial charge in [0.15, 0.2) is 0 Å². The van der Waals surface area contributed by atoms with E-state index in [-0.39, 0.29) is 11.7 Å². The predicted octanol–water partition coefficient (Wildman–Crippen LogP) is 2.12. The Morgan fingerprint density at radius 1 is 1.21 bits per heavy atom. The van der Waals surface area contributed by atoms with Crippen LogP contribution in [0, 0.1) is 13.8 Å². The molecule has 0 saturated heterocycles. The summed E-state index contributed by atoms with van der Waals surface area (Å²) in [5.74, 6) is 0.113. The molecule has 1 N–H and O–H groups in total. The molecule has 0 spiro atoms. The molecule has 0 saturated carbocycles. The van der Waals surface area contributed by atoms with E-state index in [4.69, 9.17) is 0 Å². The van der Waals surface area contributed by atoms with Crippen molar-refractivity contribution in [3.8, 4) is 11.3 Å². The molecule has 148 valence electrons. The lowest BCUT2D eigenvalue weighted by atomic mass is 10.1. The number of hydrogen-bond donors (Lipinski definition) is 1. The molecule has 1 aliphatic rings. The Labute approximate surface area is 168 Å². The molecule has 8 nitrogen and oxygen atoms in total. The minimum atomic E-state index is -0.667. The highest BCUT2D eigenvalue weighted by Gasteiger charge is 2.31. The summed E-state index contributed by atoms with van der Waals surface area (Å²) in [5, 5.41) is 7.20. The van der Waals surface area contributed by atoms with Crippen molar-refractivity contribution >= 4 is 17.6 Å². The van der Waals surface area contributed by atoms with E-state index < -0.39 is 11.9 Å². The van der Waals surface area contributed by atoms with Crippen LogP contribution in [0.5, 0.6) is 0 Å². The maximum atomic E-state index is 12.9. The molecule has 3 heterocycles. The van der Waals surface area contributed by atoms with E-state index >= 15 is 0 Å². The van der Waals surface area contributed by atoms with Gasteiger partial charge in [0, 0.05) is 31.4 Å². The van der Waals surface area contributed by atoms with Crippen molar-refractivity contribution in [1.82, 2.24) is 25.1 Å². The first-order chi connectivity index (χ1) is 13.9. The van der Waals surface area contributed by atoms with Crippen LogP contribution < -0.4 is 10.2 Å². The summed E-state index contributed by atoms with van der Waals surface area (Å²) >= 11 is 0. The third-order valence-corrected chi connectivity index (χ3v) is 5.01. The van der Waals surface area contributed by atoms with Gasteiger partial charge in [0.2, 0.25) is 5.82 Å². The number of aryl methyl sites for hydroxylation is 3. The van der Waals surface area contributed by atoms with Gasteiger partial charge in [-0.05, 0) is 25.8 Å². The minimum absolute atomic E-state index is 0.0442. The second-order valence-corrected chi connectivity index (χ2v) is 7.17. The molecular formula is C21H22N6O2. The van der Waals surface area contributed by atoms with Crippen LogP contribution in [0.4, 0.5) is 5.82 Å². The van der Waals surface area contributed by atoms with Crippen LogP contribution in [-0.2, 0) is 11.3 Å². The highest BCUT2D eigenvalue weighted by molar-refractivity contribution is 6.01. The molecule has 2 amide bonds. The minimum Gasteiger partial charge on any atom is -0.337 e. The van der Waals surface area contributed by atoms with Gasteiger partial charge in [-0.1, -0.05) is 30.3 Å². The number of rotatable bonds is 3. The smallest absolute Gasteiger partial charge is 0.289 e. The Balaban J connectivity index is 1.55. The predicted molar refractivity (Wildman–Crippen MR) is 108 cm³/mol. The second-order valence-electron chi connectivity index (χ2n) is 7.17. The van der Waals surface area contributed by atoms with E-state index in [9.17, 15) is 9.59 Å². The van der Waals surface area contributed by atoms with E-state index in [1.165, 1.54) is 4.90 Å². The summed E-state index contributed by atoms with van der Waals surface area (Å²) < 4.78 is 1.79. The number of fused-ring (bicyclic) bond motifs is 1. The second kappa shape index (κ2) is 7.46. The molecule has 29 heavy (non-hydrogen) atoms. The van der Waals surface area contributed by atoms with Crippen LogP contribution in [0.3, 0.4) is 0 Å². The van der Waals surface area contributed by atoms with Gasteiger partial charge < -0.3 is 5.32 Å². The SMILES string of the molecule is Cc1cc2n(n1)CCC(NC(=O)c1ncc(C)c(-c3ccccc3)n1)C(=O)N2C. The van der Waals surface area contributed by atoms with Gasteiger partial charge in [-0.15, -0.1) is 0 Å². The fourth-order valence-electron chi connectivity index (χ4n) is 3.48. The maximum Gasteiger partial charge on any atom is 0.289 e. The van der Waals surface area contributed by atoms with Gasteiger partial charge in [-0.2, -0.15) is 5.10 Å². The zero-order chi connectivity index (χ0) is 20.5. The summed E-state index contributed by atoms with van der Waals surface area (Å²) in [6.07, 6.45) is 2.07. The zero-order valence-corrected chi connectivity index (χ0v) is 16.6. The molecular weight excluding hydrogens is 368 g/mol. The van der Waals surface area contributed by atoms with Crippen LogP contribution in [-0.4, -0.2) is 44.7 Å². The van der Waals surface area contributed by atoms with Gasteiger partial charge in [-0.3, -0.25) is 14.5 Å². The third kappa shape index (κ3) is 3.61. The van der Waals surface area contributed by atoms with E-state index in [1.807, 2.05) is 50.2 Å². The Kier molecular flexibility index (Phi) is 4.84. The Morgan fingerprint density at radius 3 is 2.72 bits per heavy atom. The first-order valence-corrected chi connectivity index (χ1v) is 9.46. The number of aromatic nitrogens is 4. The normalized spacial score (nSPS) is 16.3. The molecule has 1 atom stereocenters. The molecule has 0 radical (unpaired) electrons. The number of benzene rings is 1. The molecule has 3 aromatic rings. The highest BCUT2D eigenvalue weighted by Crippen LogP contribution is 2.22. The molecule has 1 aliphatic heterocycles. The van der Waals surface area contributed by atoms with Crippen molar-refractivity contribution in [3.05, 3.63) is 59.7 Å². The lowest BCUT2D eigenvalue weighted by Crippen LogP contribution is -2.47. The number of carbonyl (C=O) groups excluding carboxylic acids is 2. The average molecular weight is 390 g/mol. The number of hydrogen-bond acceptors (Lipinski definition) is 5. The van der Waals surface area contributed by atoms with Crippen molar-refractivity contribution < 1.29 is 9.59 Å². The molecule has 4 rings (SSSR count). The van der Waals surface area contributed by atoms with Crippen molar-refractivity contribution in [2.45, 2.75) is 32.9 Å². The number of nitrogens with zero attached hydrogens (tertiary/aromatic N) is 5. The lowest BCUT2D eigenvalue weighted by molar-refractivity contribution is -0.120. The summed E-state index contributed by atoms with van der Waals surface area (Å²) in [6, 6.07) is 10.8. The summed E-state index contributed by atoms with van der Waals surface area (Å²) in [6.45, 7) is 4.32. The number of carbonyl (C=O) groups is 2. The average Bonchev–Trinajstić information content (AvgIpc) is 3.07. The number of likely N-dealkylation sites (N-methyl/N-ethyl adjacent to an activating group) is 1. The monoisotopic (exact) mass is 390 g/mol. The Hall–Kier alpha value is -3.55. The van der Waals surface area contributed by atoms with Gasteiger partial charge in [0.05, 0.1) is 11.4 Å². The summed E-state index contributed by atoms with van der Waals surface area (Å²) in [5.41, 5.74) is 3.33. The van der Waals surface area contributed by atoms with Crippen molar-refractivity contribution in [2.24, 2.45) is 0 Å².